The van der Waals surface area contributed by atoms with Crippen molar-refractivity contribution in [3.63, 3.8) is 0 Å². The molecule has 0 N–H and O–H groups in total. The fourth-order valence-corrected chi connectivity index (χ4v) is 2.38. The molecule has 0 aliphatic rings. The van der Waals surface area contributed by atoms with Crippen LogP contribution in [0.25, 0.3) is 22.8 Å². The van der Waals surface area contributed by atoms with E-state index in [1.165, 1.54) is 5.56 Å². The lowest BCUT2D eigenvalue weighted by Gasteiger charge is -2.14. The molecular weight excluding hydrogens is 264 g/mol. The number of rotatable bonds is 6. The Bertz CT molecular complexity index is 743. The summed E-state index contributed by atoms with van der Waals surface area (Å²) in [7, 11) is 0. The maximum absolute atomic E-state index is 4.19. The first-order chi connectivity index (χ1) is 10.7. The Morgan fingerprint density at radius 3 is 2.23 bits per heavy atom. The van der Waals surface area contributed by atoms with Crippen LogP contribution < -0.4 is 0 Å². The smallest absolute Gasteiger partial charge is 0.0105 e. The van der Waals surface area contributed by atoms with Crippen LogP contribution in [0.1, 0.15) is 11.1 Å². The highest BCUT2D eigenvalue weighted by atomic mass is 14.1. The Hall–Kier alpha value is -2.86. The molecule has 0 fully saturated rings. The first-order valence-electron chi connectivity index (χ1n) is 7.17. The van der Waals surface area contributed by atoms with Crippen LogP contribution in [0.5, 0.6) is 0 Å². The molecule has 0 amide bonds. The predicted molar refractivity (Wildman–Crippen MR) is 99.5 cm³/mol. The van der Waals surface area contributed by atoms with E-state index in [1.54, 1.807) is 6.08 Å². The lowest BCUT2D eigenvalue weighted by Crippen LogP contribution is -1.93. The van der Waals surface area contributed by atoms with Crippen molar-refractivity contribution in [2.75, 3.05) is 0 Å². The third-order valence-corrected chi connectivity index (χ3v) is 3.54. The summed E-state index contributed by atoms with van der Waals surface area (Å²) in [5, 5.41) is 0. The van der Waals surface area contributed by atoms with Gasteiger partial charge in [0, 0.05) is 0 Å². The van der Waals surface area contributed by atoms with Crippen LogP contribution in [0.3, 0.4) is 0 Å². The van der Waals surface area contributed by atoms with E-state index < -0.39 is 0 Å². The fourth-order valence-electron chi connectivity index (χ4n) is 2.38. The van der Waals surface area contributed by atoms with E-state index in [9.17, 15) is 0 Å². The second-order valence-electron chi connectivity index (χ2n) is 4.94. The van der Waals surface area contributed by atoms with Gasteiger partial charge in [-0.3, -0.25) is 0 Å². The maximum atomic E-state index is 4.19. The number of benzene rings is 2. The average molecular weight is 284 g/mol. The first-order valence-corrected chi connectivity index (χ1v) is 7.17. The van der Waals surface area contributed by atoms with E-state index in [1.807, 2.05) is 42.5 Å². The van der Waals surface area contributed by atoms with Crippen LogP contribution >= 0.6 is 0 Å². The molecule has 0 unspecified atom stereocenters. The standard InChI is InChI=1S/C22H20/c1-5-7-12-17(3)18(4)21-15-11-16-22(20(21)6-2)19-13-9-8-10-14-19/h5-16H,1-4H2/b12-7-. The summed E-state index contributed by atoms with van der Waals surface area (Å²) in [5.41, 5.74) is 6.20. The van der Waals surface area contributed by atoms with Gasteiger partial charge in [-0.15, -0.1) is 0 Å². The minimum Gasteiger partial charge on any atom is -0.0991 e. The van der Waals surface area contributed by atoms with E-state index in [0.717, 1.165) is 27.8 Å². The molecule has 0 aliphatic heterocycles. The minimum absolute atomic E-state index is 0.869. The zero-order valence-electron chi connectivity index (χ0n) is 12.8. The van der Waals surface area contributed by atoms with Crippen molar-refractivity contribution in [2.24, 2.45) is 0 Å². The molecule has 0 radical (unpaired) electrons. The number of allylic oxidation sites excluding steroid dienone is 5. The third kappa shape index (κ3) is 3.24. The van der Waals surface area contributed by atoms with Crippen LogP contribution in [-0.2, 0) is 0 Å². The topological polar surface area (TPSA) is 0 Å². The third-order valence-electron chi connectivity index (χ3n) is 3.54. The van der Waals surface area contributed by atoms with Crippen molar-refractivity contribution < 1.29 is 0 Å². The Labute approximate surface area is 133 Å². The van der Waals surface area contributed by atoms with E-state index in [-0.39, 0.29) is 0 Å². The van der Waals surface area contributed by atoms with E-state index >= 15 is 0 Å². The fraction of sp³-hybridized carbons (Fsp3) is 0. The van der Waals surface area contributed by atoms with Crippen molar-refractivity contribution in [3.05, 3.63) is 110 Å². The number of hydrogen-bond acceptors (Lipinski definition) is 0. The van der Waals surface area contributed by atoms with Crippen molar-refractivity contribution in [1.82, 2.24) is 0 Å². The summed E-state index contributed by atoms with van der Waals surface area (Å²) >= 11 is 0. The maximum Gasteiger partial charge on any atom is -0.0105 e. The molecular formula is C22H20. The highest BCUT2D eigenvalue weighted by molar-refractivity contribution is 5.89. The van der Waals surface area contributed by atoms with Gasteiger partial charge in [0.15, 0.2) is 0 Å². The van der Waals surface area contributed by atoms with E-state index in [2.05, 4.69) is 50.6 Å². The van der Waals surface area contributed by atoms with Crippen LogP contribution in [0.4, 0.5) is 0 Å². The van der Waals surface area contributed by atoms with Crippen molar-refractivity contribution >= 4 is 11.6 Å². The molecule has 0 nitrogen and oxygen atoms in total. The lowest BCUT2D eigenvalue weighted by molar-refractivity contribution is 1.53. The molecule has 0 aromatic heterocycles. The molecule has 108 valence electrons. The summed E-state index contributed by atoms with van der Waals surface area (Å²) in [6, 6.07) is 16.5. The van der Waals surface area contributed by atoms with Crippen LogP contribution in [0.2, 0.25) is 0 Å². The van der Waals surface area contributed by atoms with Gasteiger partial charge >= 0.3 is 0 Å². The Morgan fingerprint density at radius 1 is 0.864 bits per heavy atom. The van der Waals surface area contributed by atoms with E-state index in [0.29, 0.717) is 0 Å². The zero-order chi connectivity index (χ0) is 15.9. The van der Waals surface area contributed by atoms with Crippen molar-refractivity contribution in [1.29, 1.82) is 0 Å². The monoisotopic (exact) mass is 284 g/mol. The molecule has 0 saturated carbocycles. The van der Waals surface area contributed by atoms with Crippen LogP contribution in [0, 0.1) is 0 Å². The van der Waals surface area contributed by atoms with Gasteiger partial charge in [0.25, 0.3) is 0 Å². The summed E-state index contributed by atoms with van der Waals surface area (Å²) in [4.78, 5) is 0. The van der Waals surface area contributed by atoms with Gasteiger partial charge in [-0.1, -0.05) is 99.2 Å². The Balaban J connectivity index is 2.52. The minimum atomic E-state index is 0.869. The normalized spacial score (nSPS) is 10.4. The van der Waals surface area contributed by atoms with Gasteiger partial charge in [0.1, 0.15) is 0 Å². The molecule has 0 saturated heterocycles. The summed E-state index contributed by atoms with van der Waals surface area (Å²) in [6.45, 7) is 15.9. The quantitative estimate of drug-likeness (QED) is 0.545. The van der Waals surface area contributed by atoms with Crippen molar-refractivity contribution in [2.45, 2.75) is 0 Å². The van der Waals surface area contributed by atoms with Gasteiger partial charge in [0.05, 0.1) is 0 Å². The average Bonchev–Trinajstić information content (AvgIpc) is 2.58. The van der Waals surface area contributed by atoms with Gasteiger partial charge < -0.3 is 0 Å². The van der Waals surface area contributed by atoms with Gasteiger partial charge in [0.2, 0.25) is 0 Å². The second-order valence-corrected chi connectivity index (χ2v) is 4.94. The van der Waals surface area contributed by atoms with Gasteiger partial charge in [-0.2, -0.15) is 0 Å². The SMILES string of the molecule is C=C/C=C\C(=C)C(=C)c1cccc(-c2ccccc2)c1C=C. The highest BCUT2D eigenvalue weighted by Crippen LogP contribution is 2.32. The number of hydrogen-bond donors (Lipinski definition) is 0. The lowest BCUT2D eigenvalue weighted by atomic mass is 9.90. The Kier molecular flexibility index (Phi) is 5.11. The second kappa shape index (κ2) is 7.24. The highest BCUT2D eigenvalue weighted by Gasteiger charge is 2.10. The molecule has 0 atom stereocenters. The van der Waals surface area contributed by atoms with Gasteiger partial charge in [-0.25, -0.2) is 0 Å². The van der Waals surface area contributed by atoms with Crippen molar-refractivity contribution in [3.8, 4) is 11.1 Å². The van der Waals surface area contributed by atoms with Crippen LogP contribution in [-0.4, -0.2) is 0 Å². The van der Waals surface area contributed by atoms with Gasteiger partial charge in [-0.05, 0) is 33.4 Å². The predicted octanol–water partition coefficient (Wildman–Crippen LogP) is 6.31. The summed E-state index contributed by atoms with van der Waals surface area (Å²) < 4.78 is 0. The molecule has 2 rings (SSSR count). The molecule has 0 heterocycles. The Morgan fingerprint density at radius 2 is 1.59 bits per heavy atom. The summed E-state index contributed by atoms with van der Waals surface area (Å²) in [6.07, 6.45) is 7.39. The molecule has 0 spiro atoms. The van der Waals surface area contributed by atoms with Crippen LogP contribution in [0.15, 0.2) is 98.6 Å². The molecule has 0 aliphatic carbocycles. The first kappa shape index (κ1) is 15.5. The molecule has 22 heavy (non-hydrogen) atoms. The molecule has 2 aromatic carbocycles. The zero-order valence-corrected chi connectivity index (χ0v) is 12.8. The summed E-state index contributed by atoms with van der Waals surface area (Å²) in [5.74, 6) is 0. The molecule has 0 heteroatoms. The van der Waals surface area contributed by atoms with E-state index in [4.69, 9.17) is 0 Å². The molecule has 2 aromatic rings. The largest absolute Gasteiger partial charge is 0.0991 e. The molecule has 0 bridgehead atoms.